The molecule has 0 saturated carbocycles. The molecule has 1 saturated heterocycles. The molecule has 0 radical (unpaired) electrons. The van der Waals surface area contributed by atoms with Crippen LogP contribution in [0.25, 0.3) is 0 Å². The van der Waals surface area contributed by atoms with E-state index in [1.165, 1.54) is 16.0 Å². The number of aromatic nitrogens is 2. The van der Waals surface area contributed by atoms with E-state index < -0.39 is 0 Å². The molecule has 3 heterocycles. The highest BCUT2D eigenvalue weighted by Crippen LogP contribution is 2.21. The average molecular weight is 411 g/mol. The molecular formula is C16H19BrN4O2S. The number of piperazine rings is 1. The zero-order valence-corrected chi connectivity index (χ0v) is 15.8. The van der Waals surface area contributed by atoms with Crippen LogP contribution in [0.15, 0.2) is 32.8 Å². The van der Waals surface area contributed by atoms with Crippen molar-refractivity contribution in [3.63, 3.8) is 0 Å². The molecular weight excluding hydrogens is 392 g/mol. The Morgan fingerprint density at radius 1 is 1.25 bits per heavy atom. The number of halogens is 1. The van der Waals surface area contributed by atoms with Gasteiger partial charge >= 0.3 is 0 Å². The van der Waals surface area contributed by atoms with Gasteiger partial charge in [-0.2, -0.15) is 5.10 Å². The van der Waals surface area contributed by atoms with Gasteiger partial charge in [0.2, 0.25) is 0 Å². The van der Waals surface area contributed by atoms with Crippen LogP contribution in [-0.2, 0) is 6.54 Å². The van der Waals surface area contributed by atoms with Gasteiger partial charge in [0.05, 0.1) is 17.1 Å². The normalized spacial score (nSPS) is 15.7. The molecule has 2 aromatic rings. The maximum atomic E-state index is 12.4. The number of aryl methyl sites for hydroxylation is 1. The Hall–Kier alpha value is -1.51. The zero-order chi connectivity index (χ0) is 17.1. The Balaban J connectivity index is 1.51. The van der Waals surface area contributed by atoms with Gasteiger partial charge in [-0.05, 0) is 35.0 Å². The van der Waals surface area contributed by atoms with Gasteiger partial charge in [0.25, 0.3) is 11.5 Å². The van der Waals surface area contributed by atoms with Crippen LogP contribution in [0, 0.1) is 6.92 Å². The fraction of sp³-hybridized carbons (Fsp3) is 0.438. The number of carbonyl (C=O) groups excluding carboxylic acids is 1. The number of rotatable bonds is 4. The number of nitrogens with zero attached hydrogens (tertiary/aromatic N) is 4. The summed E-state index contributed by atoms with van der Waals surface area (Å²) in [6.45, 7) is 6.28. The Labute approximate surface area is 152 Å². The summed E-state index contributed by atoms with van der Waals surface area (Å²) in [6.07, 6.45) is 0. The molecule has 2 aromatic heterocycles. The van der Waals surface area contributed by atoms with Crippen molar-refractivity contribution >= 4 is 33.2 Å². The van der Waals surface area contributed by atoms with Crippen molar-refractivity contribution in [1.82, 2.24) is 19.6 Å². The molecule has 0 bridgehead atoms. The van der Waals surface area contributed by atoms with Crippen LogP contribution in [0.1, 0.15) is 15.4 Å². The maximum absolute atomic E-state index is 12.4. The minimum Gasteiger partial charge on any atom is -0.335 e. The molecule has 0 atom stereocenters. The summed E-state index contributed by atoms with van der Waals surface area (Å²) in [6, 6.07) is 5.15. The minimum absolute atomic E-state index is 0.0716. The van der Waals surface area contributed by atoms with Crippen molar-refractivity contribution in [2.24, 2.45) is 0 Å². The van der Waals surface area contributed by atoms with Crippen molar-refractivity contribution in [2.75, 3.05) is 32.7 Å². The standard InChI is InChI=1S/C16H19BrN4O2S/c1-12-2-3-15(22)21(18-12)9-6-19-4-7-20(8-5-19)16(23)14-10-13(17)11-24-14/h2-3,10-11H,4-9H2,1H3. The quantitative estimate of drug-likeness (QED) is 0.771. The van der Waals surface area contributed by atoms with E-state index in [0.29, 0.717) is 19.6 Å². The third-order valence-electron chi connectivity index (χ3n) is 4.07. The minimum atomic E-state index is -0.0716. The fourth-order valence-electron chi connectivity index (χ4n) is 2.70. The van der Waals surface area contributed by atoms with Crippen molar-refractivity contribution in [3.8, 4) is 0 Å². The first-order chi connectivity index (χ1) is 11.5. The van der Waals surface area contributed by atoms with Gasteiger partial charge in [0, 0.05) is 48.6 Å². The largest absolute Gasteiger partial charge is 0.335 e. The Morgan fingerprint density at radius 3 is 2.67 bits per heavy atom. The van der Waals surface area contributed by atoms with Crippen LogP contribution in [0.5, 0.6) is 0 Å². The van der Waals surface area contributed by atoms with Gasteiger partial charge in [-0.15, -0.1) is 11.3 Å². The van der Waals surface area contributed by atoms with Crippen molar-refractivity contribution in [1.29, 1.82) is 0 Å². The molecule has 0 N–H and O–H groups in total. The molecule has 128 valence electrons. The lowest BCUT2D eigenvalue weighted by Crippen LogP contribution is -2.49. The Kier molecular flexibility index (Phi) is 5.47. The van der Waals surface area contributed by atoms with Gasteiger partial charge < -0.3 is 4.90 Å². The second kappa shape index (κ2) is 7.58. The number of hydrogen-bond donors (Lipinski definition) is 0. The second-order valence-corrected chi connectivity index (χ2v) is 7.63. The Bertz CT molecular complexity index is 780. The van der Waals surface area contributed by atoms with Gasteiger partial charge in [0.1, 0.15) is 0 Å². The number of thiophene rings is 1. The van der Waals surface area contributed by atoms with E-state index in [-0.39, 0.29) is 11.5 Å². The summed E-state index contributed by atoms with van der Waals surface area (Å²) in [5.41, 5.74) is 0.768. The average Bonchev–Trinajstić information content (AvgIpc) is 3.02. The molecule has 0 aliphatic carbocycles. The first-order valence-corrected chi connectivity index (χ1v) is 9.50. The molecule has 1 amide bonds. The smallest absolute Gasteiger partial charge is 0.266 e. The first-order valence-electron chi connectivity index (χ1n) is 7.83. The highest BCUT2D eigenvalue weighted by molar-refractivity contribution is 9.10. The predicted octanol–water partition coefficient (Wildman–Crippen LogP) is 1.83. The monoisotopic (exact) mass is 410 g/mol. The van der Waals surface area contributed by atoms with E-state index in [2.05, 4.69) is 25.9 Å². The molecule has 1 aliphatic rings. The summed E-state index contributed by atoms with van der Waals surface area (Å²) in [7, 11) is 0. The predicted molar refractivity (Wildman–Crippen MR) is 97.6 cm³/mol. The highest BCUT2D eigenvalue weighted by atomic mass is 79.9. The number of amides is 1. The van der Waals surface area contributed by atoms with E-state index in [4.69, 9.17) is 0 Å². The topological polar surface area (TPSA) is 58.4 Å². The summed E-state index contributed by atoms with van der Waals surface area (Å²) < 4.78 is 2.46. The molecule has 1 fully saturated rings. The molecule has 6 nitrogen and oxygen atoms in total. The summed E-state index contributed by atoms with van der Waals surface area (Å²) in [5.74, 6) is 0.0990. The molecule has 0 unspecified atom stereocenters. The number of carbonyl (C=O) groups is 1. The van der Waals surface area contributed by atoms with Crippen molar-refractivity contribution < 1.29 is 4.79 Å². The lowest BCUT2D eigenvalue weighted by molar-refractivity contribution is 0.0636. The van der Waals surface area contributed by atoms with Crippen LogP contribution in [-0.4, -0.2) is 58.2 Å². The van der Waals surface area contributed by atoms with Crippen LogP contribution >= 0.6 is 27.3 Å². The van der Waals surface area contributed by atoms with E-state index in [1.54, 1.807) is 12.1 Å². The molecule has 0 aromatic carbocycles. The summed E-state index contributed by atoms with van der Waals surface area (Å²) >= 11 is 4.85. The molecule has 1 aliphatic heterocycles. The zero-order valence-electron chi connectivity index (χ0n) is 13.4. The second-order valence-electron chi connectivity index (χ2n) is 5.80. The lowest BCUT2D eigenvalue weighted by Gasteiger charge is -2.34. The lowest BCUT2D eigenvalue weighted by atomic mass is 10.3. The van der Waals surface area contributed by atoms with Crippen molar-refractivity contribution in [2.45, 2.75) is 13.5 Å². The summed E-state index contributed by atoms with van der Waals surface area (Å²) in [4.78, 5) is 29.1. The molecule has 3 rings (SSSR count). The van der Waals surface area contributed by atoms with E-state index in [0.717, 1.165) is 34.7 Å². The first kappa shape index (κ1) is 17.3. The van der Waals surface area contributed by atoms with Gasteiger partial charge in [0.15, 0.2) is 0 Å². The van der Waals surface area contributed by atoms with Crippen LogP contribution in [0.2, 0.25) is 0 Å². The van der Waals surface area contributed by atoms with E-state index in [1.807, 2.05) is 23.3 Å². The third-order valence-corrected chi connectivity index (χ3v) is 5.74. The van der Waals surface area contributed by atoms with Crippen LogP contribution < -0.4 is 5.56 Å². The number of hydrogen-bond acceptors (Lipinski definition) is 5. The fourth-order valence-corrected chi connectivity index (χ4v) is 4.10. The Morgan fingerprint density at radius 2 is 2.00 bits per heavy atom. The maximum Gasteiger partial charge on any atom is 0.266 e. The third kappa shape index (κ3) is 4.12. The van der Waals surface area contributed by atoms with E-state index >= 15 is 0 Å². The summed E-state index contributed by atoms with van der Waals surface area (Å²) in [5, 5.41) is 6.18. The van der Waals surface area contributed by atoms with E-state index in [9.17, 15) is 9.59 Å². The van der Waals surface area contributed by atoms with Gasteiger partial charge in [-0.3, -0.25) is 14.5 Å². The van der Waals surface area contributed by atoms with Crippen molar-refractivity contribution in [3.05, 3.63) is 49.0 Å². The molecule has 8 heteroatoms. The van der Waals surface area contributed by atoms with Crippen LogP contribution in [0.3, 0.4) is 0 Å². The molecule has 0 spiro atoms. The SMILES string of the molecule is Cc1ccc(=O)n(CCN2CCN(C(=O)c3cc(Br)cs3)CC2)n1. The highest BCUT2D eigenvalue weighted by Gasteiger charge is 2.23. The van der Waals surface area contributed by atoms with Gasteiger partial charge in [-0.25, -0.2) is 4.68 Å². The molecule has 24 heavy (non-hydrogen) atoms. The van der Waals surface area contributed by atoms with Gasteiger partial charge in [-0.1, -0.05) is 0 Å². The van der Waals surface area contributed by atoms with Crippen LogP contribution in [0.4, 0.5) is 0 Å².